The molecule has 1 aromatic carbocycles. The van der Waals surface area contributed by atoms with Gasteiger partial charge in [0.25, 0.3) is 17.4 Å². The van der Waals surface area contributed by atoms with E-state index in [0.717, 1.165) is 4.90 Å². The summed E-state index contributed by atoms with van der Waals surface area (Å²) in [6, 6.07) is 9.62. The zero-order valence-corrected chi connectivity index (χ0v) is 13.8. The fourth-order valence-corrected chi connectivity index (χ4v) is 2.83. The van der Waals surface area contributed by atoms with Crippen LogP contribution in [-0.2, 0) is 13.6 Å². The van der Waals surface area contributed by atoms with Crippen molar-refractivity contribution in [3.05, 3.63) is 76.2 Å². The molecule has 1 aliphatic rings. The number of rotatable bonds is 3. The van der Waals surface area contributed by atoms with Gasteiger partial charge < -0.3 is 0 Å². The fraction of sp³-hybridized carbons (Fsp3) is 0.111. The summed E-state index contributed by atoms with van der Waals surface area (Å²) in [5.74, 6) is -0.500. The molecule has 0 atom stereocenters. The van der Waals surface area contributed by atoms with Gasteiger partial charge in [0.15, 0.2) is 0 Å². The van der Waals surface area contributed by atoms with Gasteiger partial charge in [-0.25, -0.2) is 15.0 Å². The Hall–Kier alpha value is -3.68. The maximum Gasteiger partial charge on any atom is 0.261 e. The van der Waals surface area contributed by atoms with Crippen molar-refractivity contribution in [3.8, 4) is 11.4 Å². The molecule has 3 aromatic rings. The normalized spacial score (nSPS) is 13.2. The highest BCUT2D eigenvalue weighted by atomic mass is 16.2. The standard InChI is InChI=1S/C18H13N5O3/c1-22-15(21-14(8-16(22)24)13-6-7-19-10-20-13)9-23-17(25)11-4-2-3-5-12(11)18(23)26/h2-8,10H,9H2,1H3. The maximum absolute atomic E-state index is 12.5. The minimum Gasteiger partial charge on any atom is -0.298 e. The Morgan fingerprint density at radius 3 is 2.27 bits per heavy atom. The van der Waals surface area contributed by atoms with Crippen LogP contribution in [0.4, 0.5) is 0 Å². The van der Waals surface area contributed by atoms with Gasteiger partial charge in [-0.05, 0) is 18.2 Å². The molecule has 0 radical (unpaired) electrons. The van der Waals surface area contributed by atoms with Gasteiger partial charge in [0, 0.05) is 19.3 Å². The van der Waals surface area contributed by atoms with Gasteiger partial charge in [-0.3, -0.25) is 23.9 Å². The number of nitrogens with zero attached hydrogens (tertiary/aromatic N) is 5. The quantitative estimate of drug-likeness (QED) is 0.657. The molecule has 0 saturated carbocycles. The number of carbonyl (C=O) groups is 2. The molecule has 4 rings (SSSR count). The summed E-state index contributed by atoms with van der Waals surface area (Å²) in [6.07, 6.45) is 2.91. The van der Waals surface area contributed by atoms with Gasteiger partial charge in [-0.1, -0.05) is 12.1 Å². The molecule has 2 amide bonds. The Labute approximate surface area is 147 Å². The molecule has 26 heavy (non-hydrogen) atoms. The predicted octanol–water partition coefficient (Wildman–Crippen LogP) is 1.03. The van der Waals surface area contributed by atoms with Crippen molar-refractivity contribution in [1.82, 2.24) is 24.4 Å². The van der Waals surface area contributed by atoms with Crippen molar-refractivity contribution >= 4 is 11.8 Å². The van der Waals surface area contributed by atoms with Crippen molar-refractivity contribution in [3.63, 3.8) is 0 Å². The van der Waals surface area contributed by atoms with Crippen molar-refractivity contribution in [2.75, 3.05) is 0 Å². The van der Waals surface area contributed by atoms with Gasteiger partial charge in [0.05, 0.1) is 29.1 Å². The minimum atomic E-state index is -0.396. The monoisotopic (exact) mass is 347 g/mol. The second-order valence-electron chi connectivity index (χ2n) is 5.79. The minimum absolute atomic E-state index is 0.100. The highest BCUT2D eigenvalue weighted by Crippen LogP contribution is 2.24. The van der Waals surface area contributed by atoms with Gasteiger partial charge in [-0.2, -0.15) is 0 Å². The molecule has 0 aliphatic carbocycles. The lowest BCUT2D eigenvalue weighted by molar-refractivity contribution is 0.0636. The van der Waals surface area contributed by atoms with Crippen molar-refractivity contribution < 1.29 is 9.59 Å². The lowest BCUT2D eigenvalue weighted by Gasteiger charge is -2.16. The van der Waals surface area contributed by atoms with E-state index in [4.69, 9.17) is 0 Å². The average molecular weight is 347 g/mol. The van der Waals surface area contributed by atoms with E-state index in [1.54, 1.807) is 43.6 Å². The van der Waals surface area contributed by atoms with E-state index in [1.165, 1.54) is 17.0 Å². The number of fused-ring (bicyclic) bond motifs is 1. The van der Waals surface area contributed by atoms with Gasteiger partial charge >= 0.3 is 0 Å². The number of hydrogen-bond donors (Lipinski definition) is 0. The first-order chi connectivity index (χ1) is 12.6. The van der Waals surface area contributed by atoms with Crippen molar-refractivity contribution in [2.24, 2.45) is 7.05 Å². The van der Waals surface area contributed by atoms with E-state index in [-0.39, 0.29) is 12.1 Å². The smallest absolute Gasteiger partial charge is 0.261 e. The summed E-state index contributed by atoms with van der Waals surface area (Å²) in [4.78, 5) is 50.8. The molecule has 8 heteroatoms. The second-order valence-corrected chi connectivity index (χ2v) is 5.79. The van der Waals surface area contributed by atoms with Crippen LogP contribution in [0.1, 0.15) is 26.5 Å². The third kappa shape index (κ3) is 2.48. The van der Waals surface area contributed by atoms with E-state index >= 15 is 0 Å². The molecule has 0 spiro atoms. The van der Waals surface area contributed by atoms with Crippen LogP contribution < -0.4 is 5.56 Å². The van der Waals surface area contributed by atoms with Crippen LogP contribution in [0, 0.1) is 0 Å². The zero-order chi connectivity index (χ0) is 18.3. The van der Waals surface area contributed by atoms with E-state index < -0.39 is 11.8 Å². The number of carbonyl (C=O) groups excluding carboxylic acids is 2. The summed E-state index contributed by atoms with van der Waals surface area (Å²) in [7, 11) is 1.55. The molecule has 0 saturated heterocycles. The Kier molecular flexibility index (Phi) is 3.65. The Morgan fingerprint density at radius 1 is 0.962 bits per heavy atom. The van der Waals surface area contributed by atoms with Crippen molar-refractivity contribution in [1.29, 1.82) is 0 Å². The predicted molar refractivity (Wildman–Crippen MR) is 91.2 cm³/mol. The Bertz CT molecular complexity index is 1060. The molecular formula is C18H13N5O3. The number of amides is 2. The molecule has 0 N–H and O–H groups in total. The Morgan fingerprint density at radius 2 is 1.65 bits per heavy atom. The van der Waals surface area contributed by atoms with Gasteiger partial charge in [0.2, 0.25) is 0 Å². The van der Waals surface area contributed by atoms with Crippen LogP contribution in [0.15, 0.2) is 53.7 Å². The third-order valence-electron chi connectivity index (χ3n) is 4.25. The number of hydrogen-bond acceptors (Lipinski definition) is 6. The lowest BCUT2D eigenvalue weighted by atomic mass is 10.1. The van der Waals surface area contributed by atoms with E-state index in [0.29, 0.717) is 28.3 Å². The number of imide groups is 1. The van der Waals surface area contributed by atoms with Crippen LogP contribution in [-0.4, -0.2) is 36.2 Å². The summed E-state index contributed by atoms with van der Waals surface area (Å²) < 4.78 is 1.31. The molecule has 1 aliphatic heterocycles. The highest BCUT2D eigenvalue weighted by molar-refractivity contribution is 6.21. The summed E-state index contributed by atoms with van der Waals surface area (Å²) >= 11 is 0. The second kappa shape index (κ2) is 5.99. The lowest BCUT2D eigenvalue weighted by Crippen LogP contribution is -2.33. The van der Waals surface area contributed by atoms with E-state index in [1.807, 2.05) is 0 Å². The van der Waals surface area contributed by atoms with Gasteiger partial charge in [-0.15, -0.1) is 0 Å². The molecule has 0 bridgehead atoms. The topological polar surface area (TPSA) is 98.1 Å². The highest BCUT2D eigenvalue weighted by Gasteiger charge is 2.35. The van der Waals surface area contributed by atoms with Crippen LogP contribution in [0.3, 0.4) is 0 Å². The summed E-state index contributed by atoms with van der Waals surface area (Å²) in [6.45, 7) is -0.100. The van der Waals surface area contributed by atoms with E-state index in [2.05, 4.69) is 15.0 Å². The number of benzene rings is 1. The molecule has 3 heterocycles. The molecule has 8 nitrogen and oxygen atoms in total. The summed E-state index contributed by atoms with van der Waals surface area (Å²) in [5, 5.41) is 0. The summed E-state index contributed by atoms with van der Waals surface area (Å²) in [5.41, 5.74) is 1.26. The fourth-order valence-electron chi connectivity index (χ4n) is 2.83. The molecule has 2 aromatic heterocycles. The first-order valence-electron chi connectivity index (χ1n) is 7.85. The van der Waals surface area contributed by atoms with Crippen molar-refractivity contribution in [2.45, 2.75) is 6.54 Å². The van der Waals surface area contributed by atoms with Crippen LogP contribution in [0.5, 0.6) is 0 Å². The largest absolute Gasteiger partial charge is 0.298 e. The Balaban J connectivity index is 1.74. The average Bonchev–Trinajstić information content (AvgIpc) is 2.91. The first kappa shape index (κ1) is 15.8. The van der Waals surface area contributed by atoms with Crippen LogP contribution in [0.2, 0.25) is 0 Å². The first-order valence-corrected chi connectivity index (χ1v) is 7.85. The van der Waals surface area contributed by atoms with Crippen LogP contribution >= 0.6 is 0 Å². The maximum atomic E-state index is 12.5. The third-order valence-corrected chi connectivity index (χ3v) is 4.25. The molecule has 0 fully saturated rings. The SMILES string of the molecule is Cn1c(CN2C(=O)c3ccccc3C2=O)nc(-c2ccncn2)cc1=O. The molecule has 128 valence electrons. The van der Waals surface area contributed by atoms with E-state index in [9.17, 15) is 14.4 Å². The number of aromatic nitrogens is 4. The molecule has 0 unspecified atom stereocenters. The van der Waals surface area contributed by atoms with Gasteiger partial charge in [0.1, 0.15) is 12.2 Å². The zero-order valence-electron chi connectivity index (χ0n) is 13.8. The molecular weight excluding hydrogens is 334 g/mol. The van der Waals surface area contributed by atoms with Crippen LogP contribution in [0.25, 0.3) is 11.4 Å².